The minimum atomic E-state index is -0.980. The number of hydrogen-bond donors (Lipinski definition) is 1. The normalized spacial score (nSPS) is 22.6. The van der Waals surface area contributed by atoms with Crippen molar-refractivity contribution in [3.05, 3.63) is 70.2 Å². The number of hydrogen-bond acceptors (Lipinski definition) is 3. The topological polar surface area (TPSA) is 66.8 Å². The van der Waals surface area contributed by atoms with Crippen LogP contribution < -0.4 is 0 Å². The number of likely N-dealkylation sites (tertiary alicyclic amines) is 1. The number of ether oxygens (including phenoxy) is 1. The Morgan fingerprint density at radius 2 is 1.66 bits per heavy atom. The molecule has 1 N–H and O–H groups in total. The summed E-state index contributed by atoms with van der Waals surface area (Å²) >= 11 is 6.36. The van der Waals surface area contributed by atoms with Crippen LogP contribution >= 0.6 is 11.6 Å². The third-order valence-electron chi connectivity index (χ3n) is 6.02. The molecule has 152 valence electrons. The first-order valence-electron chi connectivity index (χ1n) is 10.0. The summed E-state index contributed by atoms with van der Waals surface area (Å²) < 4.78 is 5.42. The quantitative estimate of drug-likeness (QED) is 0.791. The molecule has 2 fully saturated rings. The first-order chi connectivity index (χ1) is 14.1. The molecule has 0 aliphatic carbocycles. The minimum Gasteiger partial charge on any atom is -0.480 e. The molecule has 5 nitrogen and oxygen atoms in total. The SMILES string of the molecule is O=C(O)[C@@H]1CC[C@H](c2ccccc2Cl)N1C(=O)c1ccc(C2CCOCC2)cc1. The molecule has 2 saturated heterocycles. The van der Waals surface area contributed by atoms with E-state index in [4.69, 9.17) is 16.3 Å². The van der Waals surface area contributed by atoms with Gasteiger partial charge in [-0.25, -0.2) is 4.79 Å². The Morgan fingerprint density at radius 3 is 2.31 bits per heavy atom. The summed E-state index contributed by atoms with van der Waals surface area (Å²) in [5.41, 5.74) is 2.50. The van der Waals surface area contributed by atoms with Crippen molar-refractivity contribution >= 4 is 23.5 Å². The molecule has 2 heterocycles. The lowest BCUT2D eigenvalue weighted by Gasteiger charge is -2.29. The smallest absolute Gasteiger partial charge is 0.326 e. The van der Waals surface area contributed by atoms with Crippen molar-refractivity contribution in [1.29, 1.82) is 0 Å². The highest BCUT2D eigenvalue weighted by atomic mass is 35.5. The molecular weight excluding hydrogens is 390 g/mol. The van der Waals surface area contributed by atoms with Gasteiger partial charge in [-0.3, -0.25) is 4.79 Å². The number of carbonyl (C=O) groups is 2. The Hall–Kier alpha value is -2.37. The van der Waals surface area contributed by atoms with Gasteiger partial charge in [-0.05, 0) is 60.9 Å². The second-order valence-corrected chi connectivity index (χ2v) is 8.10. The van der Waals surface area contributed by atoms with Crippen LogP contribution in [0.1, 0.15) is 59.1 Å². The molecule has 1 amide bonds. The van der Waals surface area contributed by atoms with E-state index in [-0.39, 0.29) is 11.9 Å². The van der Waals surface area contributed by atoms with Crippen LogP contribution in [-0.4, -0.2) is 41.1 Å². The van der Waals surface area contributed by atoms with Gasteiger partial charge in [0, 0.05) is 23.8 Å². The van der Waals surface area contributed by atoms with E-state index in [1.165, 1.54) is 10.5 Å². The molecule has 0 aromatic heterocycles. The van der Waals surface area contributed by atoms with Crippen molar-refractivity contribution in [2.24, 2.45) is 0 Å². The Kier molecular flexibility index (Phi) is 5.88. The monoisotopic (exact) mass is 413 g/mol. The maximum Gasteiger partial charge on any atom is 0.326 e. The van der Waals surface area contributed by atoms with Crippen molar-refractivity contribution < 1.29 is 19.4 Å². The van der Waals surface area contributed by atoms with E-state index < -0.39 is 12.0 Å². The van der Waals surface area contributed by atoms with Gasteiger partial charge in [0.25, 0.3) is 5.91 Å². The van der Waals surface area contributed by atoms with Crippen molar-refractivity contribution in [1.82, 2.24) is 4.90 Å². The van der Waals surface area contributed by atoms with Crippen molar-refractivity contribution in [2.45, 2.75) is 43.7 Å². The number of carboxylic acids is 1. The van der Waals surface area contributed by atoms with Gasteiger partial charge in [0.2, 0.25) is 0 Å². The van der Waals surface area contributed by atoms with Crippen LogP contribution in [-0.2, 0) is 9.53 Å². The second-order valence-electron chi connectivity index (χ2n) is 7.69. The zero-order valence-corrected chi connectivity index (χ0v) is 16.8. The summed E-state index contributed by atoms with van der Waals surface area (Å²) in [6.07, 6.45) is 2.95. The average molecular weight is 414 g/mol. The number of nitrogens with zero attached hydrogens (tertiary/aromatic N) is 1. The van der Waals surface area contributed by atoms with Gasteiger partial charge in [-0.15, -0.1) is 0 Å². The Labute approximate surface area is 175 Å². The lowest BCUT2D eigenvalue weighted by atomic mass is 9.91. The number of rotatable bonds is 4. The van der Waals surface area contributed by atoms with Gasteiger partial charge < -0.3 is 14.7 Å². The molecule has 2 aliphatic rings. The second kappa shape index (κ2) is 8.56. The fourth-order valence-corrected chi connectivity index (χ4v) is 4.73. The molecule has 0 bridgehead atoms. The molecule has 0 spiro atoms. The fraction of sp³-hybridized carbons (Fsp3) is 0.391. The van der Waals surface area contributed by atoms with Crippen molar-refractivity contribution in [2.75, 3.05) is 13.2 Å². The van der Waals surface area contributed by atoms with E-state index in [0.717, 1.165) is 31.6 Å². The molecule has 0 unspecified atom stereocenters. The molecule has 6 heteroatoms. The van der Waals surface area contributed by atoms with E-state index >= 15 is 0 Å². The number of halogens is 1. The lowest BCUT2D eigenvalue weighted by molar-refractivity contribution is -0.141. The Bertz CT molecular complexity index is 892. The third-order valence-corrected chi connectivity index (χ3v) is 6.36. The van der Waals surface area contributed by atoms with Crippen molar-refractivity contribution in [3.8, 4) is 0 Å². The molecule has 2 aromatic rings. The predicted octanol–water partition coefficient (Wildman–Crippen LogP) is 4.66. The maximum absolute atomic E-state index is 13.3. The summed E-state index contributed by atoms with van der Waals surface area (Å²) in [6, 6.07) is 13.7. The van der Waals surface area contributed by atoms with Gasteiger partial charge in [-0.1, -0.05) is 41.9 Å². The van der Waals surface area contributed by atoms with E-state index in [9.17, 15) is 14.7 Å². The Balaban J connectivity index is 1.61. The minimum absolute atomic E-state index is 0.265. The van der Waals surface area contributed by atoms with Crippen LogP contribution in [0.2, 0.25) is 5.02 Å². The highest BCUT2D eigenvalue weighted by Gasteiger charge is 2.42. The largest absolute Gasteiger partial charge is 0.480 e. The fourth-order valence-electron chi connectivity index (χ4n) is 4.47. The molecule has 0 saturated carbocycles. The van der Waals surface area contributed by atoms with E-state index in [0.29, 0.717) is 29.3 Å². The molecule has 2 atom stereocenters. The summed E-state index contributed by atoms with van der Waals surface area (Å²) in [7, 11) is 0. The third kappa shape index (κ3) is 4.02. The number of benzene rings is 2. The average Bonchev–Trinajstić information content (AvgIpc) is 3.19. The maximum atomic E-state index is 13.3. The van der Waals surface area contributed by atoms with Gasteiger partial charge >= 0.3 is 5.97 Å². The molecular formula is C23H24ClNO4. The van der Waals surface area contributed by atoms with Crippen LogP contribution in [0, 0.1) is 0 Å². The van der Waals surface area contributed by atoms with Gasteiger partial charge in [-0.2, -0.15) is 0 Å². The van der Waals surface area contributed by atoms with Crippen LogP contribution in [0.25, 0.3) is 0 Å². The zero-order chi connectivity index (χ0) is 20.4. The molecule has 29 heavy (non-hydrogen) atoms. The van der Waals surface area contributed by atoms with Gasteiger partial charge in [0.05, 0.1) is 6.04 Å². The number of amides is 1. The van der Waals surface area contributed by atoms with Crippen LogP contribution in [0.3, 0.4) is 0 Å². The lowest BCUT2D eigenvalue weighted by Crippen LogP contribution is -2.41. The summed E-state index contributed by atoms with van der Waals surface area (Å²) in [5.74, 6) is -0.799. The summed E-state index contributed by atoms with van der Waals surface area (Å²) in [4.78, 5) is 26.7. The van der Waals surface area contributed by atoms with Crippen LogP contribution in [0.4, 0.5) is 0 Å². The van der Waals surface area contributed by atoms with E-state index in [1.54, 1.807) is 6.07 Å². The number of carbonyl (C=O) groups excluding carboxylic acids is 1. The predicted molar refractivity (Wildman–Crippen MR) is 110 cm³/mol. The standard InChI is InChI=1S/C23H24ClNO4/c24-19-4-2-1-3-18(19)20-9-10-21(23(27)28)25(20)22(26)17-7-5-15(6-8-17)16-11-13-29-14-12-16/h1-8,16,20-21H,9-14H2,(H,27,28)/t20-,21+/m1/s1. The molecule has 2 aromatic carbocycles. The summed E-state index contributed by atoms with van der Waals surface area (Å²) in [5, 5.41) is 10.2. The highest BCUT2D eigenvalue weighted by Crippen LogP contribution is 2.40. The number of aliphatic carboxylic acids is 1. The van der Waals surface area contributed by atoms with Crippen molar-refractivity contribution in [3.63, 3.8) is 0 Å². The zero-order valence-electron chi connectivity index (χ0n) is 16.1. The van der Waals surface area contributed by atoms with Gasteiger partial charge in [0.1, 0.15) is 6.04 Å². The summed E-state index contributed by atoms with van der Waals surface area (Å²) in [6.45, 7) is 1.53. The first kappa shape index (κ1) is 19.9. The van der Waals surface area contributed by atoms with E-state index in [2.05, 4.69) is 0 Å². The first-order valence-corrected chi connectivity index (χ1v) is 10.4. The van der Waals surface area contributed by atoms with E-state index in [1.807, 2.05) is 42.5 Å². The Morgan fingerprint density at radius 1 is 0.966 bits per heavy atom. The molecule has 4 rings (SSSR count). The van der Waals surface area contributed by atoms with Crippen LogP contribution in [0.15, 0.2) is 48.5 Å². The molecule has 0 radical (unpaired) electrons. The highest BCUT2D eigenvalue weighted by molar-refractivity contribution is 6.31. The van der Waals surface area contributed by atoms with Gasteiger partial charge in [0.15, 0.2) is 0 Å². The number of carboxylic acid groups (broad SMARTS) is 1. The molecule has 2 aliphatic heterocycles. The van der Waals surface area contributed by atoms with Crippen LogP contribution in [0.5, 0.6) is 0 Å².